The summed E-state index contributed by atoms with van der Waals surface area (Å²) in [5.74, 6) is -0.348. The third-order valence-electron chi connectivity index (χ3n) is 1.23. The molecule has 66 valence electrons. The predicted molar refractivity (Wildman–Crippen MR) is 51.0 cm³/mol. The zero-order chi connectivity index (χ0) is 8.97. The van der Waals surface area contributed by atoms with Gasteiger partial charge >= 0.3 is 0 Å². The lowest BCUT2D eigenvalue weighted by Gasteiger charge is -1.98. The Bertz CT molecular complexity index is 274. The van der Waals surface area contributed by atoms with Gasteiger partial charge in [0.15, 0.2) is 0 Å². The van der Waals surface area contributed by atoms with Crippen LogP contribution in [0.1, 0.15) is 4.88 Å². The van der Waals surface area contributed by atoms with Crippen molar-refractivity contribution in [3.05, 3.63) is 20.8 Å². The molecule has 0 radical (unpaired) electrons. The molecule has 0 aromatic carbocycles. The summed E-state index contributed by atoms with van der Waals surface area (Å²) in [7, 11) is 0. The first-order valence-electron chi connectivity index (χ1n) is 3.33. The van der Waals surface area contributed by atoms with Crippen LogP contribution in [0.15, 0.2) is 15.9 Å². The van der Waals surface area contributed by atoms with Crippen molar-refractivity contribution in [2.75, 3.05) is 6.61 Å². The molecule has 0 aliphatic rings. The summed E-state index contributed by atoms with van der Waals surface area (Å²) in [6.45, 7) is 0.0300. The molecule has 1 aromatic rings. The molecule has 1 aromatic heterocycles. The topological polar surface area (TPSA) is 49.3 Å². The molecule has 12 heavy (non-hydrogen) atoms. The third kappa shape index (κ3) is 2.92. The summed E-state index contributed by atoms with van der Waals surface area (Å²) in [5.41, 5.74) is 0. The Morgan fingerprint density at radius 3 is 3.00 bits per heavy atom. The van der Waals surface area contributed by atoms with Crippen LogP contribution < -0.4 is 5.32 Å². The zero-order valence-corrected chi connectivity index (χ0v) is 8.61. The molecule has 0 atom stereocenters. The van der Waals surface area contributed by atoms with Crippen molar-refractivity contribution in [3.63, 3.8) is 0 Å². The molecule has 3 nitrogen and oxygen atoms in total. The van der Waals surface area contributed by atoms with E-state index in [9.17, 15) is 4.79 Å². The van der Waals surface area contributed by atoms with E-state index in [1.165, 1.54) is 0 Å². The number of hydrogen-bond acceptors (Lipinski definition) is 3. The Balaban J connectivity index is 2.38. The number of carbonyl (C=O) groups is 1. The minimum absolute atomic E-state index is 0.348. The highest BCUT2D eigenvalue weighted by Crippen LogP contribution is 2.19. The van der Waals surface area contributed by atoms with Gasteiger partial charge < -0.3 is 10.4 Å². The molecule has 0 spiro atoms. The van der Waals surface area contributed by atoms with Crippen molar-refractivity contribution in [3.8, 4) is 0 Å². The first-order chi connectivity index (χ1) is 5.72. The number of halogens is 1. The van der Waals surface area contributed by atoms with Gasteiger partial charge in [0.1, 0.15) is 6.61 Å². The number of aliphatic hydroxyl groups is 1. The summed E-state index contributed by atoms with van der Waals surface area (Å²) >= 11 is 4.86. The average Bonchev–Trinajstić information content (AvgIpc) is 2.47. The second kappa shape index (κ2) is 4.59. The van der Waals surface area contributed by atoms with Crippen LogP contribution in [0.25, 0.3) is 0 Å². The minimum Gasteiger partial charge on any atom is -0.387 e. The number of amides is 1. The Morgan fingerprint density at radius 1 is 1.75 bits per heavy atom. The van der Waals surface area contributed by atoms with Crippen molar-refractivity contribution in [2.24, 2.45) is 0 Å². The molecule has 0 bridgehead atoms. The Hall–Kier alpha value is -0.390. The van der Waals surface area contributed by atoms with E-state index in [1.807, 2.05) is 11.4 Å². The first kappa shape index (κ1) is 9.70. The van der Waals surface area contributed by atoms with Gasteiger partial charge in [-0.05, 0) is 22.0 Å². The quantitative estimate of drug-likeness (QED) is 0.844. The molecule has 1 amide bonds. The van der Waals surface area contributed by atoms with Crippen LogP contribution in [0.3, 0.4) is 0 Å². The molecule has 0 saturated heterocycles. The largest absolute Gasteiger partial charge is 0.387 e. The summed E-state index contributed by atoms with van der Waals surface area (Å²) < 4.78 is 1.01. The molecule has 2 N–H and O–H groups in total. The first-order valence-corrected chi connectivity index (χ1v) is 5.00. The summed E-state index contributed by atoms with van der Waals surface area (Å²) in [4.78, 5) is 11.7. The van der Waals surface area contributed by atoms with E-state index >= 15 is 0 Å². The molecule has 0 fully saturated rings. The van der Waals surface area contributed by atoms with E-state index in [2.05, 4.69) is 21.2 Å². The van der Waals surface area contributed by atoms with Gasteiger partial charge in [0.05, 0.1) is 6.54 Å². The lowest BCUT2D eigenvalue weighted by Crippen LogP contribution is -2.25. The molecular formula is C7H8BrNO2S. The fourth-order valence-electron chi connectivity index (χ4n) is 0.688. The number of carbonyl (C=O) groups excluding carboxylic acids is 1. The zero-order valence-electron chi connectivity index (χ0n) is 6.21. The van der Waals surface area contributed by atoms with Crippen LogP contribution in [0, 0.1) is 0 Å². The molecule has 0 saturated carbocycles. The van der Waals surface area contributed by atoms with Gasteiger partial charge in [-0.1, -0.05) is 0 Å². The lowest BCUT2D eigenvalue weighted by atomic mass is 10.4. The highest BCUT2D eigenvalue weighted by atomic mass is 79.9. The second-order valence-corrected chi connectivity index (χ2v) is 4.08. The van der Waals surface area contributed by atoms with Gasteiger partial charge in [0.25, 0.3) is 0 Å². The predicted octanol–water partition coefficient (Wildman–Crippen LogP) is 1.12. The van der Waals surface area contributed by atoms with Crippen LogP contribution in [-0.4, -0.2) is 17.6 Å². The molecule has 5 heteroatoms. The van der Waals surface area contributed by atoms with Gasteiger partial charge in [-0.3, -0.25) is 4.79 Å². The van der Waals surface area contributed by atoms with Gasteiger partial charge in [-0.15, -0.1) is 11.3 Å². The van der Waals surface area contributed by atoms with Crippen LogP contribution in [0.2, 0.25) is 0 Å². The smallest absolute Gasteiger partial charge is 0.246 e. The molecule has 0 unspecified atom stereocenters. The van der Waals surface area contributed by atoms with E-state index in [4.69, 9.17) is 5.11 Å². The van der Waals surface area contributed by atoms with Crippen molar-refractivity contribution in [1.82, 2.24) is 5.32 Å². The fourth-order valence-corrected chi connectivity index (χ4v) is 2.08. The van der Waals surface area contributed by atoms with E-state index < -0.39 is 6.61 Å². The van der Waals surface area contributed by atoms with Crippen molar-refractivity contribution in [1.29, 1.82) is 0 Å². The third-order valence-corrected chi connectivity index (χ3v) is 2.92. The van der Waals surface area contributed by atoms with E-state index in [0.717, 1.165) is 9.35 Å². The highest BCUT2D eigenvalue weighted by molar-refractivity contribution is 9.10. The highest BCUT2D eigenvalue weighted by Gasteiger charge is 2.00. The van der Waals surface area contributed by atoms with Gasteiger partial charge in [0.2, 0.25) is 5.91 Å². The monoisotopic (exact) mass is 249 g/mol. The van der Waals surface area contributed by atoms with Crippen LogP contribution in [0.5, 0.6) is 0 Å². The number of rotatable bonds is 3. The number of nitrogens with one attached hydrogen (secondary N) is 1. The van der Waals surface area contributed by atoms with Crippen molar-refractivity contribution in [2.45, 2.75) is 6.54 Å². The average molecular weight is 250 g/mol. The van der Waals surface area contributed by atoms with Gasteiger partial charge in [-0.2, -0.15) is 0 Å². The fraction of sp³-hybridized carbons (Fsp3) is 0.286. The summed E-state index contributed by atoms with van der Waals surface area (Å²) in [6.07, 6.45) is 0. The summed E-state index contributed by atoms with van der Waals surface area (Å²) in [5, 5.41) is 12.9. The maximum absolute atomic E-state index is 10.6. The van der Waals surface area contributed by atoms with Crippen molar-refractivity contribution < 1.29 is 9.90 Å². The van der Waals surface area contributed by atoms with E-state index in [1.54, 1.807) is 11.3 Å². The van der Waals surface area contributed by atoms with Crippen LogP contribution in [0.4, 0.5) is 0 Å². The molecular weight excluding hydrogens is 242 g/mol. The minimum atomic E-state index is -0.452. The van der Waals surface area contributed by atoms with Crippen molar-refractivity contribution >= 4 is 33.2 Å². The second-order valence-electron chi connectivity index (χ2n) is 2.17. The maximum Gasteiger partial charge on any atom is 0.246 e. The van der Waals surface area contributed by atoms with Crippen LogP contribution >= 0.6 is 27.3 Å². The Labute approximate surface area is 82.5 Å². The molecule has 0 aliphatic heterocycles. The standard InChI is InChI=1S/C7H8BrNO2S/c8-5-1-6(12-4-5)2-9-7(11)3-10/h1,4,10H,2-3H2,(H,9,11). The maximum atomic E-state index is 10.6. The number of thiophene rings is 1. The van der Waals surface area contributed by atoms with Gasteiger partial charge in [-0.25, -0.2) is 0 Å². The molecule has 1 heterocycles. The van der Waals surface area contributed by atoms with E-state index in [-0.39, 0.29) is 5.91 Å². The molecule has 0 aliphatic carbocycles. The Kier molecular flexibility index (Phi) is 3.71. The van der Waals surface area contributed by atoms with Gasteiger partial charge in [0, 0.05) is 14.7 Å². The normalized spacial score (nSPS) is 9.83. The molecule has 1 rings (SSSR count). The van der Waals surface area contributed by atoms with E-state index in [0.29, 0.717) is 6.54 Å². The number of hydrogen-bond donors (Lipinski definition) is 2. The lowest BCUT2D eigenvalue weighted by molar-refractivity contribution is -0.123. The number of aliphatic hydroxyl groups excluding tert-OH is 1. The SMILES string of the molecule is O=C(CO)NCc1cc(Br)cs1. The summed E-state index contributed by atoms with van der Waals surface area (Å²) in [6, 6.07) is 1.93. The van der Waals surface area contributed by atoms with Crippen LogP contribution in [-0.2, 0) is 11.3 Å². The Morgan fingerprint density at radius 2 is 2.50 bits per heavy atom.